The van der Waals surface area contributed by atoms with Crippen LogP contribution in [0.4, 0.5) is 5.82 Å². The second-order valence-corrected chi connectivity index (χ2v) is 7.71. The maximum atomic E-state index is 4.53. The van der Waals surface area contributed by atoms with Crippen LogP contribution in [0.25, 0.3) is 20.7 Å². The third-order valence-electron chi connectivity index (χ3n) is 4.86. The second-order valence-electron chi connectivity index (χ2n) is 6.68. The highest BCUT2D eigenvalue weighted by Crippen LogP contribution is 2.35. The maximum absolute atomic E-state index is 4.53. The van der Waals surface area contributed by atoms with Crippen LogP contribution < -0.4 is 5.32 Å². The molecule has 4 nitrogen and oxygen atoms in total. The Balaban J connectivity index is 1.53. The van der Waals surface area contributed by atoms with E-state index in [1.54, 1.807) is 17.7 Å². The first-order valence-electron chi connectivity index (χ1n) is 9.12. The SMILES string of the molecule is CCCN1CCC(Nc2ncnc3sc(-c4ccccc4)cc23)CC1. The van der Waals surface area contributed by atoms with Crippen molar-refractivity contribution >= 4 is 27.4 Å². The molecule has 1 aliphatic rings. The van der Waals surface area contributed by atoms with Gasteiger partial charge in [-0.15, -0.1) is 11.3 Å². The van der Waals surface area contributed by atoms with E-state index in [0.717, 1.165) is 16.0 Å². The summed E-state index contributed by atoms with van der Waals surface area (Å²) >= 11 is 1.73. The number of benzene rings is 1. The van der Waals surface area contributed by atoms with E-state index >= 15 is 0 Å². The molecule has 0 bridgehead atoms. The fourth-order valence-electron chi connectivity index (χ4n) is 3.53. The van der Waals surface area contributed by atoms with E-state index in [0.29, 0.717) is 6.04 Å². The maximum Gasteiger partial charge on any atom is 0.138 e. The molecule has 130 valence electrons. The summed E-state index contributed by atoms with van der Waals surface area (Å²) < 4.78 is 0. The molecule has 1 aromatic carbocycles. The monoisotopic (exact) mass is 352 g/mol. The van der Waals surface area contributed by atoms with Crippen LogP contribution >= 0.6 is 11.3 Å². The highest BCUT2D eigenvalue weighted by atomic mass is 32.1. The van der Waals surface area contributed by atoms with Crippen LogP contribution in [0, 0.1) is 0 Å². The third-order valence-corrected chi connectivity index (χ3v) is 5.95. The summed E-state index contributed by atoms with van der Waals surface area (Å²) in [6, 6.07) is 13.2. The smallest absolute Gasteiger partial charge is 0.138 e. The Bertz CT molecular complexity index is 822. The molecule has 5 heteroatoms. The van der Waals surface area contributed by atoms with Gasteiger partial charge in [0.25, 0.3) is 0 Å². The fraction of sp³-hybridized carbons (Fsp3) is 0.400. The highest BCUT2D eigenvalue weighted by Gasteiger charge is 2.20. The van der Waals surface area contributed by atoms with Gasteiger partial charge in [-0.2, -0.15) is 0 Å². The Morgan fingerprint density at radius 1 is 1.16 bits per heavy atom. The zero-order chi connectivity index (χ0) is 17.1. The second kappa shape index (κ2) is 7.50. The van der Waals surface area contributed by atoms with Crippen LogP contribution in [0.1, 0.15) is 26.2 Å². The van der Waals surface area contributed by atoms with E-state index in [1.807, 2.05) is 0 Å². The number of likely N-dealkylation sites (tertiary alicyclic amines) is 1. The van der Waals surface area contributed by atoms with Gasteiger partial charge in [-0.3, -0.25) is 0 Å². The standard InChI is InChI=1S/C20H24N4S/c1-2-10-24-11-8-16(9-12-24)23-19-17-13-18(15-6-4-3-5-7-15)25-20(17)22-14-21-19/h3-7,13-14,16H,2,8-12H2,1H3,(H,21,22,23). The molecule has 1 aliphatic heterocycles. The number of fused-ring (bicyclic) bond motifs is 1. The summed E-state index contributed by atoms with van der Waals surface area (Å²) in [5, 5.41) is 4.82. The summed E-state index contributed by atoms with van der Waals surface area (Å²) in [4.78, 5) is 13.9. The van der Waals surface area contributed by atoms with Gasteiger partial charge in [0.1, 0.15) is 17.0 Å². The lowest BCUT2D eigenvalue weighted by Crippen LogP contribution is -2.39. The molecule has 0 aliphatic carbocycles. The first kappa shape index (κ1) is 16.5. The van der Waals surface area contributed by atoms with Crippen molar-refractivity contribution in [3.8, 4) is 10.4 Å². The van der Waals surface area contributed by atoms with Gasteiger partial charge in [0.15, 0.2) is 0 Å². The van der Waals surface area contributed by atoms with E-state index in [9.17, 15) is 0 Å². The number of aromatic nitrogens is 2. The van der Waals surface area contributed by atoms with Crippen LogP contribution in [0.15, 0.2) is 42.7 Å². The van der Waals surface area contributed by atoms with Gasteiger partial charge >= 0.3 is 0 Å². The highest BCUT2D eigenvalue weighted by molar-refractivity contribution is 7.21. The largest absolute Gasteiger partial charge is 0.367 e. The Labute approximate surface area is 152 Å². The van der Waals surface area contributed by atoms with E-state index in [2.05, 4.69) is 63.5 Å². The number of nitrogens with one attached hydrogen (secondary N) is 1. The van der Waals surface area contributed by atoms with E-state index in [-0.39, 0.29) is 0 Å². The molecule has 1 saturated heterocycles. The Morgan fingerprint density at radius 2 is 1.96 bits per heavy atom. The van der Waals surface area contributed by atoms with Crippen molar-refractivity contribution in [2.75, 3.05) is 25.0 Å². The molecule has 4 rings (SSSR count). The average Bonchev–Trinajstić information content (AvgIpc) is 3.10. The molecule has 2 aromatic heterocycles. The summed E-state index contributed by atoms with van der Waals surface area (Å²) in [6.07, 6.45) is 5.28. The molecule has 0 spiro atoms. The molecular formula is C20H24N4S. The number of nitrogens with zero attached hydrogens (tertiary/aromatic N) is 3. The molecule has 1 fully saturated rings. The van der Waals surface area contributed by atoms with Crippen molar-refractivity contribution in [2.45, 2.75) is 32.2 Å². The average molecular weight is 353 g/mol. The van der Waals surface area contributed by atoms with Crippen molar-refractivity contribution in [1.29, 1.82) is 0 Å². The van der Waals surface area contributed by atoms with Gasteiger partial charge in [-0.1, -0.05) is 37.3 Å². The zero-order valence-corrected chi connectivity index (χ0v) is 15.4. The summed E-state index contributed by atoms with van der Waals surface area (Å²) in [7, 11) is 0. The quantitative estimate of drug-likeness (QED) is 0.726. The fourth-order valence-corrected chi connectivity index (χ4v) is 4.53. The van der Waals surface area contributed by atoms with E-state index in [1.165, 1.54) is 49.3 Å². The summed E-state index contributed by atoms with van der Waals surface area (Å²) in [6.45, 7) is 5.83. The number of thiophene rings is 1. The van der Waals surface area contributed by atoms with Crippen molar-refractivity contribution in [3.63, 3.8) is 0 Å². The summed E-state index contributed by atoms with van der Waals surface area (Å²) in [5.41, 5.74) is 1.24. The van der Waals surface area contributed by atoms with Crippen LogP contribution in [-0.4, -0.2) is 40.5 Å². The molecule has 3 heterocycles. The van der Waals surface area contributed by atoms with Crippen molar-refractivity contribution in [2.24, 2.45) is 0 Å². The molecule has 0 radical (unpaired) electrons. The minimum absolute atomic E-state index is 0.506. The minimum atomic E-state index is 0.506. The molecule has 0 saturated carbocycles. The molecule has 0 atom stereocenters. The van der Waals surface area contributed by atoms with Crippen molar-refractivity contribution < 1.29 is 0 Å². The Morgan fingerprint density at radius 3 is 2.72 bits per heavy atom. The Hall–Kier alpha value is -1.98. The number of hydrogen-bond donors (Lipinski definition) is 1. The van der Waals surface area contributed by atoms with Gasteiger partial charge in [-0.25, -0.2) is 9.97 Å². The van der Waals surface area contributed by atoms with Gasteiger partial charge in [0.2, 0.25) is 0 Å². The van der Waals surface area contributed by atoms with E-state index in [4.69, 9.17) is 0 Å². The molecule has 0 unspecified atom stereocenters. The molecule has 3 aromatic rings. The molecule has 1 N–H and O–H groups in total. The first-order chi connectivity index (χ1) is 12.3. The molecule has 0 amide bonds. The van der Waals surface area contributed by atoms with Crippen LogP contribution in [0.3, 0.4) is 0 Å². The number of piperidine rings is 1. The van der Waals surface area contributed by atoms with E-state index < -0.39 is 0 Å². The lowest BCUT2D eigenvalue weighted by atomic mass is 10.0. The van der Waals surface area contributed by atoms with Crippen LogP contribution in [0.5, 0.6) is 0 Å². The van der Waals surface area contributed by atoms with Gasteiger partial charge in [0.05, 0.1) is 5.39 Å². The third kappa shape index (κ3) is 3.67. The lowest BCUT2D eigenvalue weighted by Gasteiger charge is -2.32. The minimum Gasteiger partial charge on any atom is -0.367 e. The predicted octanol–water partition coefficient (Wildman–Crippen LogP) is 4.64. The number of hydrogen-bond acceptors (Lipinski definition) is 5. The lowest BCUT2D eigenvalue weighted by molar-refractivity contribution is 0.219. The zero-order valence-electron chi connectivity index (χ0n) is 14.6. The molecular weight excluding hydrogens is 328 g/mol. The number of rotatable bonds is 5. The van der Waals surface area contributed by atoms with Gasteiger partial charge in [0, 0.05) is 24.0 Å². The van der Waals surface area contributed by atoms with Gasteiger partial charge in [-0.05, 0) is 37.4 Å². The normalized spacial score (nSPS) is 16.4. The topological polar surface area (TPSA) is 41.0 Å². The van der Waals surface area contributed by atoms with Crippen LogP contribution in [0.2, 0.25) is 0 Å². The van der Waals surface area contributed by atoms with Crippen LogP contribution in [-0.2, 0) is 0 Å². The number of anilines is 1. The predicted molar refractivity (Wildman–Crippen MR) is 106 cm³/mol. The van der Waals surface area contributed by atoms with Crippen molar-refractivity contribution in [3.05, 3.63) is 42.7 Å². The summed E-state index contributed by atoms with van der Waals surface area (Å²) in [5.74, 6) is 0.984. The Kier molecular flexibility index (Phi) is 4.95. The van der Waals surface area contributed by atoms with Gasteiger partial charge < -0.3 is 10.2 Å². The molecule has 25 heavy (non-hydrogen) atoms. The first-order valence-corrected chi connectivity index (χ1v) is 9.94. The van der Waals surface area contributed by atoms with Crippen molar-refractivity contribution in [1.82, 2.24) is 14.9 Å².